The smallest absolute Gasteiger partial charge is 0.180 e. The van der Waals surface area contributed by atoms with Crippen molar-refractivity contribution < 1.29 is 17.6 Å². The van der Waals surface area contributed by atoms with E-state index in [1.165, 1.54) is 0 Å². The summed E-state index contributed by atoms with van der Waals surface area (Å²) >= 11 is 5.14. The van der Waals surface area contributed by atoms with Crippen LogP contribution in [0.5, 0.6) is 0 Å². The minimum absolute atomic E-state index is 0.293. The van der Waals surface area contributed by atoms with Gasteiger partial charge < -0.3 is 5.73 Å². The third-order valence-corrected chi connectivity index (χ3v) is 3.54. The Morgan fingerprint density at radius 2 is 1.29 bits per heavy atom. The van der Waals surface area contributed by atoms with E-state index in [1.54, 1.807) is 0 Å². The van der Waals surface area contributed by atoms with Gasteiger partial charge in [-0.05, 0) is 12.8 Å². The van der Waals surface area contributed by atoms with Gasteiger partial charge in [0.15, 0.2) is 23.3 Å². The van der Waals surface area contributed by atoms with Crippen LogP contribution in [0.4, 0.5) is 17.6 Å². The first-order valence-corrected chi connectivity index (χ1v) is 5.57. The molecule has 17 heavy (non-hydrogen) atoms. The lowest BCUT2D eigenvalue weighted by Gasteiger charge is -2.25. The standard InChI is InChI=1S/C11H10ClF4N/c12-6-9(15)7(13)5(8(14)10(6)16)11(17)3-1-2-4-11/h1-4,17H2. The maximum atomic E-state index is 13.7. The Kier molecular flexibility index (Phi) is 3.08. The summed E-state index contributed by atoms with van der Waals surface area (Å²) in [4.78, 5) is 0. The van der Waals surface area contributed by atoms with Gasteiger partial charge in [-0.25, -0.2) is 17.6 Å². The summed E-state index contributed by atoms with van der Waals surface area (Å²) in [5, 5.41) is -1.18. The van der Waals surface area contributed by atoms with Crippen LogP contribution in [-0.2, 0) is 5.54 Å². The zero-order chi connectivity index (χ0) is 12.8. The summed E-state index contributed by atoms with van der Waals surface area (Å²) in [7, 11) is 0. The molecule has 1 nitrogen and oxygen atoms in total. The maximum absolute atomic E-state index is 13.7. The fourth-order valence-corrected chi connectivity index (χ4v) is 2.46. The van der Waals surface area contributed by atoms with Crippen molar-refractivity contribution in [2.75, 3.05) is 0 Å². The summed E-state index contributed by atoms with van der Waals surface area (Å²) in [6, 6.07) is 0. The van der Waals surface area contributed by atoms with E-state index in [-0.39, 0.29) is 0 Å². The van der Waals surface area contributed by atoms with Crippen LogP contribution >= 0.6 is 11.6 Å². The molecule has 1 fully saturated rings. The molecular formula is C11H10ClF4N. The average molecular weight is 268 g/mol. The van der Waals surface area contributed by atoms with Gasteiger partial charge in [-0.2, -0.15) is 0 Å². The summed E-state index contributed by atoms with van der Waals surface area (Å²) in [5.41, 5.74) is 3.74. The molecule has 0 bridgehead atoms. The van der Waals surface area contributed by atoms with Gasteiger partial charge in [-0.3, -0.25) is 0 Å². The van der Waals surface area contributed by atoms with Crippen LogP contribution in [0.2, 0.25) is 5.02 Å². The van der Waals surface area contributed by atoms with Crippen LogP contribution in [0.3, 0.4) is 0 Å². The summed E-state index contributed by atoms with van der Waals surface area (Å²) < 4.78 is 53.9. The van der Waals surface area contributed by atoms with E-state index >= 15 is 0 Å². The molecule has 1 aromatic carbocycles. The van der Waals surface area contributed by atoms with Crippen molar-refractivity contribution >= 4 is 11.6 Å². The minimum atomic E-state index is -1.59. The van der Waals surface area contributed by atoms with Crippen LogP contribution < -0.4 is 5.73 Å². The quantitative estimate of drug-likeness (QED) is 0.469. The Balaban J connectivity index is 2.69. The minimum Gasteiger partial charge on any atom is -0.321 e. The third-order valence-electron chi connectivity index (χ3n) is 3.20. The number of hydrogen-bond donors (Lipinski definition) is 1. The molecule has 0 unspecified atom stereocenters. The molecule has 1 aliphatic carbocycles. The van der Waals surface area contributed by atoms with Gasteiger partial charge in [0.25, 0.3) is 0 Å². The highest BCUT2D eigenvalue weighted by Gasteiger charge is 2.39. The van der Waals surface area contributed by atoms with Crippen molar-refractivity contribution in [3.63, 3.8) is 0 Å². The third kappa shape index (κ3) is 1.81. The van der Waals surface area contributed by atoms with E-state index in [1.807, 2.05) is 0 Å². The molecule has 0 spiro atoms. The van der Waals surface area contributed by atoms with Crippen LogP contribution in [-0.4, -0.2) is 0 Å². The zero-order valence-electron chi connectivity index (χ0n) is 8.80. The molecular weight excluding hydrogens is 258 g/mol. The average Bonchev–Trinajstić information content (AvgIpc) is 2.71. The highest BCUT2D eigenvalue weighted by molar-refractivity contribution is 6.30. The predicted octanol–water partition coefficient (Wildman–Crippen LogP) is 3.62. The lowest BCUT2D eigenvalue weighted by Crippen LogP contribution is -2.36. The van der Waals surface area contributed by atoms with Gasteiger partial charge in [0, 0.05) is 11.1 Å². The molecule has 2 rings (SSSR count). The number of rotatable bonds is 1. The van der Waals surface area contributed by atoms with Gasteiger partial charge in [-0.1, -0.05) is 24.4 Å². The normalized spacial score (nSPS) is 18.7. The molecule has 1 aliphatic rings. The second-order valence-electron chi connectivity index (χ2n) is 4.31. The summed E-state index contributed by atoms with van der Waals surface area (Å²) in [6.07, 6.45) is 1.92. The Morgan fingerprint density at radius 3 is 1.71 bits per heavy atom. The molecule has 0 saturated heterocycles. The van der Waals surface area contributed by atoms with Crippen LogP contribution in [0.1, 0.15) is 31.2 Å². The fraction of sp³-hybridized carbons (Fsp3) is 0.455. The lowest BCUT2D eigenvalue weighted by molar-refractivity contribution is 0.367. The SMILES string of the molecule is NC1(c2c(F)c(F)c(Cl)c(F)c2F)CCCC1. The number of benzene rings is 1. The van der Waals surface area contributed by atoms with E-state index < -0.39 is 39.4 Å². The molecule has 0 atom stereocenters. The van der Waals surface area contributed by atoms with E-state index in [0.717, 1.165) is 0 Å². The van der Waals surface area contributed by atoms with Gasteiger partial charge in [0.1, 0.15) is 5.02 Å². The summed E-state index contributed by atoms with van der Waals surface area (Å²) in [6.45, 7) is 0. The Morgan fingerprint density at radius 1 is 0.882 bits per heavy atom. The van der Waals surface area contributed by atoms with Crippen molar-refractivity contribution in [3.05, 3.63) is 33.9 Å². The lowest BCUT2D eigenvalue weighted by atomic mass is 9.88. The largest absolute Gasteiger partial charge is 0.321 e. The first-order chi connectivity index (χ1) is 7.88. The fourth-order valence-electron chi connectivity index (χ4n) is 2.30. The van der Waals surface area contributed by atoms with E-state index in [4.69, 9.17) is 17.3 Å². The van der Waals surface area contributed by atoms with Crippen molar-refractivity contribution in [2.45, 2.75) is 31.2 Å². The molecule has 6 heteroatoms. The zero-order valence-corrected chi connectivity index (χ0v) is 9.55. The second kappa shape index (κ2) is 4.14. The summed E-state index contributed by atoms with van der Waals surface area (Å²) in [5.74, 6) is -6.15. The molecule has 2 N–H and O–H groups in total. The number of hydrogen-bond acceptors (Lipinski definition) is 1. The highest BCUT2D eigenvalue weighted by Crippen LogP contribution is 2.41. The van der Waals surface area contributed by atoms with E-state index in [2.05, 4.69) is 0 Å². The van der Waals surface area contributed by atoms with Gasteiger partial charge in [-0.15, -0.1) is 0 Å². The highest BCUT2D eigenvalue weighted by atomic mass is 35.5. The Bertz CT molecular complexity index is 440. The van der Waals surface area contributed by atoms with Crippen LogP contribution in [0, 0.1) is 23.3 Å². The van der Waals surface area contributed by atoms with Crippen LogP contribution in [0.25, 0.3) is 0 Å². The van der Waals surface area contributed by atoms with Crippen LogP contribution in [0.15, 0.2) is 0 Å². The molecule has 0 heterocycles. The molecule has 94 valence electrons. The van der Waals surface area contributed by atoms with Crippen molar-refractivity contribution in [1.29, 1.82) is 0 Å². The maximum Gasteiger partial charge on any atom is 0.180 e. The first kappa shape index (κ1) is 12.6. The van der Waals surface area contributed by atoms with Gasteiger partial charge >= 0.3 is 0 Å². The molecule has 1 aromatic rings. The first-order valence-electron chi connectivity index (χ1n) is 5.19. The van der Waals surface area contributed by atoms with Crippen molar-refractivity contribution in [1.82, 2.24) is 0 Å². The number of halogens is 5. The molecule has 0 aromatic heterocycles. The van der Waals surface area contributed by atoms with E-state index in [0.29, 0.717) is 25.7 Å². The second-order valence-corrected chi connectivity index (χ2v) is 4.69. The topological polar surface area (TPSA) is 26.0 Å². The molecule has 0 amide bonds. The molecule has 1 saturated carbocycles. The molecule has 0 aliphatic heterocycles. The Hall–Kier alpha value is -0.810. The Labute approximate surface area is 101 Å². The van der Waals surface area contributed by atoms with Crippen molar-refractivity contribution in [2.24, 2.45) is 5.73 Å². The van der Waals surface area contributed by atoms with Gasteiger partial charge in [0.2, 0.25) is 0 Å². The molecule has 0 radical (unpaired) electrons. The number of nitrogens with two attached hydrogens (primary N) is 1. The monoisotopic (exact) mass is 267 g/mol. The van der Waals surface area contributed by atoms with E-state index in [9.17, 15) is 17.6 Å². The van der Waals surface area contributed by atoms with Gasteiger partial charge in [0.05, 0.1) is 0 Å². The predicted molar refractivity (Wildman–Crippen MR) is 55.6 cm³/mol. The van der Waals surface area contributed by atoms with Crippen molar-refractivity contribution in [3.8, 4) is 0 Å².